The lowest BCUT2D eigenvalue weighted by atomic mass is 10.3. The van der Waals surface area contributed by atoms with Gasteiger partial charge in [0.1, 0.15) is 5.15 Å². The molecule has 0 radical (unpaired) electrons. The second kappa shape index (κ2) is 4.44. The third-order valence-corrected chi connectivity index (χ3v) is 1.90. The predicted octanol–water partition coefficient (Wildman–Crippen LogP) is 1.55. The van der Waals surface area contributed by atoms with Gasteiger partial charge in [0.2, 0.25) is 0 Å². The van der Waals surface area contributed by atoms with E-state index in [-0.39, 0.29) is 6.10 Å². The van der Waals surface area contributed by atoms with Crippen molar-refractivity contribution in [1.29, 1.82) is 0 Å². The topological polar surface area (TPSA) is 36.4 Å². The molecule has 0 aliphatic carbocycles. The van der Waals surface area contributed by atoms with E-state index in [0.29, 0.717) is 11.7 Å². The van der Waals surface area contributed by atoms with Crippen LogP contribution >= 0.6 is 11.6 Å². The van der Waals surface area contributed by atoms with Crippen LogP contribution in [0.15, 0.2) is 18.3 Å². The van der Waals surface area contributed by atoms with Crippen molar-refractivity contribution in [1.82, 2.24) is 4.98 Å². The lowest BCUT2D eigenvalue weighted by Gasteiger charge is -2.20. The molecule has 0 saturated heterocycles. The molecule has 0 saturated carbocycles. The molecule has 0 aliphatic rings. The largest absolute Gasteiger partial charge is 0.392 e. The fourth-order valence-corrected chi connectivity index (χ4v) is 1.30. The number of aliphatic hydroxyl groups excluding tert-OH is 1. The minimum atomic E-state index is -0.350. The van der Waals surface area contributed by atoms with E-state index in [1.807, 2.05) is 18.0 Å². The summed E-state index contributed by atoms with van der Waals surface area (Å²) in [6, 6.07) is 3.62. The van der Waals surface area contributed by atoms with E-state index in [4.69, 9.17) is 16.7 Å². The number of likely N-dealkylation sites (N-methyl/N-ethyl adjacent to an activating group) is 1. The van der Waals surface area contributed by atoms with Crippen molar-refractivity contribution in [3.63, 3.8) is 0 Å². The zero-order valence-electron chi connectivity index (χ0n) is 7.74. The van der Waals surface area contributed by atoms with Crippen LogP contribution in [0, 0.1) is 0 Å². The molecule has 13 heavy (non-hydrogen) atoms. The maximum atomic E-state index is 9.16. The highest BCUT2D eigenvalue weighted by Crippen LogP contribution is 2.15. The van der Waals surface area contributed by atoms with E-state index in [1.54, 1.807) is 19.2 Å². The van der Waals surface area contributed by atoms with Crippen LogP contribution in [0.5, 0.6) is 0 Å². The van der Waals surface area contributed by atoms with Gasteiger partial charge in [-0.25, -0.2) is 4.98 Å². The van der Waals surface area contributed by atoms with Crippen LogP contribution in [0.2, 0.25) is 5.15 Å². The first-order valence-corrected chi connectivity index (χ1v) is 4.48. The Morgan fingerprint density at radius 2 is 2.38 bits per heavy atom. The highest BCUT2D eigenvalue weighted by atomic mass is 35.5. The molecule has 0 spiro atoms. The van der Waals surface area contributed by atoms with Gasteiger partial charge in [-0.15, -0.1) is 0 Å². The SMILES string of the molecule is CC(O)CN(C)c1ccnc(Cl)c1. The summed E-state index contributed by atoms with van der Waals surface area (Å²) in [6.45, 7) is 2.33. The summed E-state index contributed by atoms with van der Waals surface area (Å²) >= 11 is 5.73. The Bertz CT molecular complexity index is 278. The molecular formula is C9H13ClN2O. The van der Waals surface area contributed by atoms with Crippen molar-refractivity contribution < 1.29 is 5.11 Å². The van der Waals surface area contributed by atoms with E-state index in [0.717, 1.165) is 5.69 Å². The van der Waals surface area contributed by atoms with Gasteiger partial charge >= 0.3 is 0 Å². The van der Waals surface area contributed by atoms with Gasteiger partial charge < -0.3 is 10.0 Å². The van der Waals surface area contributed by atoms with E-state index >= 15 is 0 Å². The number of anilines is 1. The van der Waals surface area contributed by atoms with Gasteiger partial charge in [-0.1, -0.05) is 11.6 Å². The summed E-state index contributed by atoms with van der Waals surface area (Å²) in [4.78, 5) is 5.81. The molecule has 0 aliphatic heterocycles. The molecule has 0 aromatic carbocycles. The minimum Gasteiger partial charge on any atom is -0.392 e. The maximum absolute atomic E-state index is 9.16. The van der Waals surface area contributed by atoms with Crippen molar-refractivity contribution in [2.75, 3.05) is 18.5 Å². The van der Waals surface area contributed by atoms with E-state index in [1.165, 1.54) is 0 Å². The molecule has 0 amide bonds. The molecule has 1 unspecified atom stereocenters. The fourth-order valence-electron chi connectivity index (χ4n) is 1.13. The van der Waals surface area contributed by atoms with Gasteiger partial charge in [0.25, 0.3) is 0 Å². The molecule has 3 nitrogen and oxygen atoms in total. The summed E-state index contributed by atoms with van der Waals surface area (Å²) in [7, 11) is 1.90. The number of rotatable bonds is 3. The Kier molecular flexibility index (Phi) is 3.51. The van der Waals surface area contributed by atoms with Crippen molar-refractivity contribution in [2.45, 2.75) is 13.0 Å². The van der Waals surface area contributed by atoms with Crippen molar-refractivity contribution in [3.8, 4) is 0 Å². The molecular weight excluding hydrogens is 188 g/mol. The zero-order chi connectivity index (χ0) is 9.84. The Labute approximate surface area is 83.0 Å². The average Bonchev–Trinajstić information content (AvgIpc) is 2.03. The van der Waals surface area contributed by atoms with Gasteiger partial charge in [-0.2, -0.15) is 0 Å². The minimum absolute atomic E-state index is 0.350. The predicted molar refractivity (Wildman–Crippen MR) is 54.2 cm³/mol. The van der Waals surface area contributed by atoms with Crippen LogP contribution < -0.4 is 4.90 Å². The fraction of sp³-hybridized carbons (Fsp3) is 0.444. The molecule has 1 rings (SSSR count). The Morgan fingerprint density at radius 1 is 1.69 bits per heavy atom. The maximum Gasteiger partial charge on any atom is 0.131 e. The first-order valence-electron chi connectivity index (χ1n) is 4.10. The smallest absolute Gasteiger partial charge is 0.131 e. The highest BCUT2D eigenvalue weighted by Gasteiger charge is 2.04. The van der Waals surface area contributed by atoms with Gasteiger partial charge in [0.15, 0.2) is 0 Å². The van der Waals surface area contributed by atoms with Crippen molar-refractivity contribution in [2.24, 2.45) is 0 Å². The third kappa shape index (κ3) is 3.20. The van der Waals surface area contributed by atoms with Crippen LogP contribution in [-0.2, 0) is 0 Å². The van der Waals surface area contributed by atoms with E-state index < -0.39 is 0 Å². The first-order chi connectivity index (χ1) is 6.09. The molecule has 72 valence electrons. The Balaban J connectivity index is 2.71. The normalized spacial score (nSPS) is 12.6. The number of halogens is 1. The molecule has 0 bridgehead atoms. The zero-order valence-corrected chi connectivity index (χ0v) is 8.49. The summed E-state index contributed by atoms with van der Waals surface area (Å²) in [5.41, 5.74) is 0.959. The molecule has 0 fully saturated rings. The lowest BCUT2D eigenvalue weighted by molar-refractivity contribution is 0.201. The number of nitrogens with zero attached hydrogens (tertiary/aromatic N) is 2. The second-order valence-electron chi connectivity index (χ2n) is 3.07. The lowest BCUT2D eigenvalue weighted by Crippen LogP contribution is -2.26. The molecule has 4 heteroatoms. The van der Waals surface area contributed by atoms with Crippen LogP contribution in [0.1, 0.15) is 6.92 Å². The summed E-state index contributed by atoms with van der Waals surface area (Å²) < 4.78 is 0. The van der Waals surface area contributed by atoms with E-state index in [2.05, 4.69) is 4.98 Å². The standard InChI is InChI=1S/C9H13ClN2O/c1-7(13)6-12(2)8-3-4-11-9(10)5-8/h3-5,7,13H,6H2,1-2H3. The highest BCUT2D eigenvalue weighted by molar-refractivity contribution is 6.29. The van der Waals surface area contributed by atoms with Crippen LogP contribution in [0.3, 0.4) is 0 Å². The van der Waals surface area contributed by atoms with Crippen molar-refractivity contribution >= 4 is 17.3 Å². The molecule has 1 aromatic heterocycles. The van der Waals surface area contributed by atoms with Gasteiger partial charge in [-0.3, -0.25) is 0 Å². The number of hydrogen-bond acceptors (Lipinski definition) is 3. The molecule has 1 aromatic rings. The second-order valence-corrected chi connectivity index (χ2v) is 3.45. The third-order valence-electron chi connectivity index (χ3n) is 1.69. The van der Waals surface area contributed by atoms with Crippen LogP contribution in [-0.4, -0.2) is 29.8 Å². The summed E-state index contributed by atoms with van der Waals surface area (Å²) in [5, 5.41) is 9.63. The average molecular weight is 201 g/mol. The summed E-state index contributed by atoms with van der Waals surface area (Å²) in [5.74, 6) is 0. The van der Waals surface area contributed by atoms with Gasteiger partial charge in [-0.05, 0) is 19.1 Å². The number of aliphatic hydroxyl groups is 1. The van der Waals surface area contributed by atoms with Gasteiger partial charge in [0.05, 0.1) is 6.10 Å². The van der Waals surface area contributed by atoms with E-state index in [9.17, 15) is 0 Å². The Hall–Kier alpha value is -0.800. The van der Waals surface area contributed by atoms with Crippen molar-refractivity contribution in [3.05, 3.63) is 23.5 Å². The summed E-state index contributed by atoms with van der Waals surface area (Å²) in [6.07, 6.45) is 1.30. The number of pyridine rings is 1. The molecule has 1 N–H and O–H groups in total. The first kappa shape index (κ1) is 10.3. The number of aromatic nitrogens is 1. The monoisotopic (exact) mass is 200 g/mol. The Morgan fingerprint density at radius 3 is 2.92 bits per heavy atom. The van der Waals surface area contributed by atoms with Crippen LogP contribution in [0.4, 0.5) is 5.69 Å². The molecule has 1 atom stereocenters. The quantitative estimate of drug-likeness (QED) is 0.753. The molecule has 1 heterocycles. The number of hydrogen-bond donors (Lipinski definition) is 1. The van der Waals surface area contributed by atoms with Gasteiger partial charge in [0, 0.05) is 25.5 Å². The van der Waals surface area contributed by atoms with Crippen LogP contribution in [0.25, 0.3) is 0 Å².